The van der Waals surface area contributed by atoms with E-state index in [0.29, 0.717) is 0 Å². The zero-order valence-corrected chi connectivity index (χ0v) is 10.7. The lowest BCUT2D eigenvalue weighted by atomic mass is 10.2. The Morgan fingerprint density at radius 3 is 2.37 bits per heavy atom. The van der Waals surface area contributed by atoms with E-state index in [-0.39, 0.29) is 30.3 Å². The van der Waals surface area contributed by atoms with Crippen molar-refractivity contribution in [3.63, 3.8) is 0 Å². The highest BCUT2D eigenvalue weighted by molar-refractivity contribution is 5.70. The summed E-state index contributed by atoms with van der Waals surface area (Å²) in [6.45, 7) is 2.38. The SMILES string of the molecule is CCOc1cc(N(CC)CC(F)(F)F)c(N)cc1F. The summed E-state index contributed by atoms with van der Waals surface area (Å²) in [7, 11) is 0. The molecule has 2 N–H and O–H groups in total. The van der Waals surface area contributed by atoms with E-state index >= 15 is 0 Å². The Bertz CT molecular complexity index is 434. The Kier molecular flexibility index (Phi) is 4.85. The largest absolute Gasteiger partial charge is 0.491 e. The van der Waals surface area contributed by atoms with Gasteiger partial charge in [0.15, 0.2) is 11.6 Å². The fourth-order valence-electron chi connectivity index (χ4n) is 1.68. The zero-order valence-electron chi connectivity index (χ0n) is 10.7. The first-order valence-electron chi connectivity index (χ1n) is 5.82. The van der Waals surface area contributed by atoms with Crippen molar-refractivity contribution < 1.29 is 22.3 Å². The van der Waals surface area contributed by atoms with Gasteiger partial charge in [0, 0.05) is 18.7 Å². The topological polar surface area (TPSA) is 38.5 Å². The molecule has 0 amide bonds. The molecular formula is C12H16F4N2O. The molecule has 7 heteroatoms. The first-order chi connectivity index (χ1) is 8.78. The van der Waals surface area contributed by atoms with Gasteiger partial charge in [0.25, 0.3) is 0 Å². The van der Waals surface area contributed by atoms with E-state index in [1.165, 1.54) is 6.07 Å². The van der Waals surface area contributed by atoms with Gasteiger partial charge in [0.05, 0.1) is 18.0 Å². The molecule has 0 atom stereocenters. The second-order valence-corrected chi connectivity index (χ2v) is 3.90. The van der Waals surface area contributed by atoms with Crippen LogP contribution in [0.5, 0.6) is 5.75 Å². The summed E-state index contributed by atoms with van der Waals surface area (Å²) in [4.78, 5) is 1.03. The van der Waals surface area contributed by atoms with Crippen LogP contribution in [0, 0.1) is 5.82 Å². The van der Waals surface area contributed by atoms with Gasteiger partial charge in [-0.1, -0.05) is 0 Å². The molecule has 1 aromatic rings. The van der Waals surface area contributed by atoms with Crippen LogP contribution in [0.4, 0.5) is 28.9 Å². The molecule has 0 spiro atoms. The fourth-order valence-corrected chi connectivity index (χ4v) is 1.68. The predicted molar refractivity (Wildman–Crippen MR) is 65.9 cm³/mol. The number of anilines is 2. The molecule has 0 saturated carbocycles. The molecule has 0 unspecified atom stereocenters. The third-order valence-electron chi connectivity index (χ3n) is 2.47. The summed E-state index contributed by atoms with van der Waals surface area (Å²) in [6.07, 6.45) is -4.36. The van der Waals surface area contributed by atoms with Crippen molar-refractivity contribution in [2.75, 3.05) is 30.3 Å². The molecule has 0 aliphatic heterocycles. The summed E-state index contributed by atoms with van der Waals surface area (Å²) in [5.41, 5.74) is 5.64. The van der Waals surface area contributed by atoms with Gasteiger partial charge in [-0.25, -0.2) is 4.39 Å². The Hall–Kier alpha value is -1.66. The molecule has 1 aromatic carbocycles. The molecule has 0 fully saturated rings. The first kappa shape index (κ1) is 15.4. The average Bonchev–Trinajstić information content (AvgIpc) is 2.29. The maximum atomic E-state index is 13.5. The van der Waals surface area contributed by atoms with Gasteiger partial charge in [0.2, 0.25) is 0 Å². The summed E-state index contributed by atoms with van der Waals surface area (Å²) in [5, 5.41) is 0. The maximum Gasteiger partial charge on any atom is 0.405 e. The Morgan fingerprint density at radius 2 is 1.89 bits per heavy atom. The summed E-state index contributed by atoms with van der Waals surface area (Å²) < 4.78 is 55.8. The predicted octanol–water partition coefficient (Wildman–Crippen LogP) is 3.20. The quantitative estimate of drug-likeness (QED) is 0.665. The molecule has 0 saturated heterocycles. The van der Waals surface area contributed by atoms with Crippen molar-refractivity contribution in [2.24, 2.45) is 0 Å². The molecule has 0 bridgehead atoms. The van der Waals surface area contributed by atoms with Crippen molar-refractivity contribution in [1.29, 1.82) is 0 Å². The highest BCUT2D eigenvalue weighted by Crippen LogP contribution is 2.32. The molecule has 0 aromatic heterocycles. The van der Waals surface area contributed by atoms with Crippen molar-refractivity contribution in [2.45, 2.75) is 20.0 Å². The average molecular weight is 280 g/mol. The third kappa shape index (κ3) is 4.18. The number of nitrogens with two attached hydrogens (primary N) is 1. The molecule has 0 heterocycles. The Labute approximate surface area is 108 Å². The lowest BCUT2D eigenvalue weighted by Gasteiger charge is -2.26. The highest BCUT2D eigenvalue weighted by Gasteiger charge is 2.31. The minimum Gasteiger partial charge on any atom is -0.491 e. The number of ether oxygens (including phenoxy) is 1. The number of nitrogens with zero attached hydrogens (tertiary/aromatic N) is 1. The Balaban J connectivity index is 3.12. The second kappa shape index (κ2) is 5.99. The van der Waals surface area contributed by atoms with E-state index in [4.69, 9.17) is 10.5 Å². The summed E-state index contributed by atoms with van der Waals surface area (Å²) >= 11 is 0. The van der Waals surface area contributed by atoms with Gasteiger partial charge < -0.3 is 15.4 Å². The maximum absolute atomic E-state index is 13.5. The van der Waals surface area contributed by atoms with Crippen molar-refractivity contribution in [3.8, 4) is 5.75 Å². The standard InChI is InChI=1S/C12H16F4N2O/c1-3-18(7-12(14,15)16)10-6-11(19-4-2)8(13)5-9(10)17/h5-6H,3-4,7,17H2,1-2H3. The number of hydrogen-bond acceptors (Lipinski definition) is 3. The summed E-state index contributed by atoms with van der Waals surface area (Å²) in [6, 6.07) is 2.17. The van der Waals surface area contributed by atoms with Gasteiger partial charge in [-0.3, -0.25) is 0 Å². The van der Waals surface area contributed by atoms with Crippen LogP contribution in [0.2, 0.25) is 0 Å². The van der Waals surface area contributed by atoms with E-state index in [1.54, 1.807) is 13.8 Å². The number of alkyl halides is 3. The third-order valence-corrected chi connectivity index (χ3v) is 2.47. The fraction of sp³-hybridized carbons (Fsp3) is 0.500. The van der Waals surface area contributed by atoms with Crippen LogP contribution < -0.4 is 15.4 Å². The molecule has 0 radical (unpaired) electrons. The summed E-state index contributed by atoms with van der Waals surface area (Å²) in [5.74, 6) is -0.793. The number of benzene rings is 1. The molecule has 3 nitrogen and oxygen atoms in total. The number of rotatable bonds is 5. The van der Waals surface area contributed by atoms with Crippen LogP contribution >= 0.6 is 0 Å². The van der Waals surface area contributed by atoms with E-state index in [1.807, 2.05) is 0 Å². The minimum atomic E-state index is -4.36. The van der Waals surface area contributed by atoms with E-state index < -0.39 is 18.5 Å². The van der Waals surface area contributed by atoms with Crippen LogP contribution in [0.1, 0.15) is 13.8 Å². The van der Waals surface area contributed by atoms with Gasteiger partial charge >= 0.3 is 6.18 Å². The van der Waals surface area contributed by atoms with Gasteiger partial charge in [-0.05, 0) is 13.8 Å². The van der Waals surface area contributed by atoms with Crippen LogP contribution in [0.3, 0.4) is 0 Å². The lowest BCUT2D eigenvalue weighted by molar-refractivity contribution is -0.119. The Morgan fingerprint density at radius 1 is 1.26 bits per heavy atom. The molecule has 19 heavy (non-hydrogen) atoms. The van der Waals surface area contributed by atoms with E-state index in [9.17, 15) is 17.6 Å². The second-order valence-electron chi connectivity index (χ2n) is 3.90. The minimum absolute atomic E-state index is 0.0490. The van der Waals surface area contributed by atoms with Crippen LogP contribution in [0.15, 0.2) is 12.1 Å². The molecule has 108 valence electrons. The van der Waals surface area contributed by atoms with Crippen molar-refractivity contribution in [1.82, 2.24) is 0 Å². The molecule has 0 aliphatic carbocycles. The molecule has 1 rings (SSSR count). The lowest BCUT2D eigenvalue weighted by Crippen LogP contribution is -2.34. The van der Waals surface area contributed by atoms with E-state index in [2.05, 4.69) is 0 Å². The van der Waals surface area contributed by atoms with Gasteiger partial charge in [0.1, 0.15) is 6.54 Å². The van der Waals surface area contributed by atoms with Crippen LogP contribution in [-0.4, -0.2) is 25.9 Å². The van der Waals surface area contributed by atoms with E-state index in [0.717, 1.165) is 11.0 Å². The highest BCUT2D eigenvalue weighted by atomic mass is 19.4. The van der Waals surface area contributed by atoms with Gasteiger partial charge in [-0.15, -0.1) is 0 Å². The van der Waals surface area contributed by atoms with Gasteiger partial charge in [-0.2, -0.15) is 13.2 Å². The normalized spacial score (nSPS) is 11.5. The number of hydrogen-bond donors (Lipinski definition) is 1. The number of nitrogen functional groups attached to an aromatic ring is 1. The van der Waals surface area contributed by atoms with Crippen molar-refractivity contribution in [3.05, 3.63) is 17.9 Å². The van der Waals surface area contributed by atoms with Crippen LogP contribution in [-0.2, 0) is 0 Å². The molecule has 0 aliphatic rings. The zero-order chi connectivity index (χ0) is 14.6. The first-order valence-corrected chi connectivity index (χ1v) is 5.82. The van der Waals surface area contributed by atoms with Crippen molar-refractivity contribution >= 4 is 11.4 Å². The smallest absolute Gasteiger partial charge is 0.405 e. The number of halogens is 4. The van der Waals surface area contributed by atoms with Crippen LogP contribution in [0.25, 0.3) is 0 Å². The molecular weight excluding hydrogens is 264 g/mol. The monoisotopic (exact) mass is 280 g/mol.